The third-order valence-corrected chi connectivity index (χ3v) is 4.80. The SMILES string of the molecule is CCCC1(C(=O)O)CCCN1Cc1c(Cl)cccc1Cl. The van der Waals surface area contributed by atoms with Crippen molar-refractivity contribution in [3.8, 4) is 0 Å². The van der Waals surface area contributed by atoms with Crippen LogP contribution in [0.3, 0.4) is 0 Å². The molecule has 0 saturated carbocycles. The second kappa shape index (κ2) is 6.33. The summed E-state index contributed by atoms with van der Waals surface area (Å²) in [6, 6.07) is 5.39. The highest BCUT2D eigenvalue weighted by Crippen LogP contribution is 2.37. The van der Waals surface area contributed by atoms with Gasteiger partial charge in [-0.25, -0.2) is 0 Å². The molecule has 20 heavy (non-hydrogen) atoms. The average Bonchev–Trinajstić information content (AvgIpc) is 2.79. The van der Waals surface area contributed by atoms with Gasteiger partial charge in [-0.15, -0.1) is 0 Å². The molecule has 0 aromatic heterocycles. The smallest absolute Gasteiger partial charge is 0.324 e. The van der Waals surface area contributed by atoms with Crippen LogP contribution in [0.2, 0.25) is 10.0 Å². The van der Waals surface area contributed by atoms with Gasteiger partial charge in [-0.3, -0.25) is 9.69 Å². The van der Waals surface area contributed by atoms with Crippen molar-refractivity contribution in [2.45, 2.75) is 44.7 Å². The summed E-state index contributed by atoms with van der Waals surface area (Å²) in [7, 11) is 0. The molecular formula is C15H19Cl2NO2. The van der Waals surface area contributed by atoms with E-state index < -0.39 is 11.5 Å². The lowest BCUT2D eigenvalue weighted by Crippen LogP contribution is -2.50. The van der Waals surface area contributed by atoms with E-state index in [2.05, 4.69) is 0 Å². The maximum atomic E-state index is 11.8. The molecule has 5 heteroatoms. The van der Waals surface area contributed by atoms with Gasteiger partial charge in [0, 0.05) is 22.2 Å². The van der Waals surface area contributed by atoms with Crippen LogP contribution >= 0.6 is 23.2 Å². The van der Waals surface area contributed by atoms with Gasteiger partial charge in [0.1, 0.15) is 5.54 Å². The summed E-state index contributed by atoms with van der Waals surface area (Å²) in [6.45, 7) is 3.28. The fraction of sp³-hybridized carbons (Fsp3) is 0.533. The zero-order valence-corrected chi connectivity index (χ0v) is 13.0. The fourth-order valence-corrected chi connectivity index (χ4v) is 3.60. The molecule has 0 amide bonds. The number of halogens is 2. The van der Waals surface area contributed by atoms with E-state index in [9.17, 15) is 9.90 Å². The molecule has 1 unspecified atom stereocenters. The number of hydrogen-bond donors (Lipinski definition) is 1. The first-order valence-electron chi connectivity index (χ1n) is 6.92. The molecule has 1 aliphatic heterocycles. The first-order chi connectivity index (χ1) is 9.51. The molecule has 1 aliphatic rings. The summed E-state index contributed by atoms with van der Waals surface area (Å²) >= 11 is 12.4. The van der Waals surface area contributed by atoms with Crippen LogP contribution in [0.25, 0.3) is 0 Å². The van der Waals surface area contributed by atoms with Gasteiger partial charge in [0.2, 0.25) is 0 Å². The summed E-state index contributed by atoms with van der Waals surface area (Å²) in [6.07, 6.45) is 3.09. The maximum Gasteiger partial charge on any atom is 0.324 e. The van der Waals surface area contributed by atoms with Crippen molar-refractivity contribution in [1.29, 1.82) is 0 Å². The van der Waals surface area contributed by atoms with Gasteiger partial charge in [-0.1, -0.05) is 42.6 Å². The van der Waals surface area contributed by atoms with Crippen molar-refractivity contribution >= 4 is 29.2 Å². The topological polar surface area (TPSA) is 40.5 Å². The van der Waals surface area contributed by atoms with Crippen molar-refractivity contribution in [1.82, 2.24) is 4.90 Å². The minimum atomic E-state index is -0.767. The van der Waals surface area contributed by atoms with Crippen molar-refractivity contribution in [3.05, 3.63) is 33.8 Å². The Labute approximate surface area is 129 Å². The molecule has 1 fully saturated rings. The van der Waals surface area contributed by atoms with Gasteiger partial charge in [0.15, 0.2) is 0 Å². The standard InChI is InChI=1S/C15H19Cl2NO2/c1-2-7-15(14(19)20)8-4-9-18(15)10-11-12(16)5-3-6-13(11)17/h3,5-6H,2,4,7-10H2,1H3,(H,19,20). The Hall–Kier alpha value is -0.770. The van der Waals surface area contributed by atoms with Crippen LogP contribution in [0.15, 0.2) is 18.2 Å². The van der Waals surface area contributed by atoms with Gasteiger partial charge < -0.3 is 5.11 Å². The predicted molar refractivity (Wildman–Crippen MR) is 81.4 cm³/mol. The van der Waals surface area contributed by atoms with Crippen LogP contribution in [0.1, 0.15) is 38.2 Å². The number of aliphatic carboxylic acids is 1. The fourth-order valence-electron chi connectivity index (χ4n) is 3.08. The molecule has 1 aromatic rings. The van der Waals surface area contributed by atoms with Gasteiger partial charge in [0.05, 0.1) is 0 Å². The van der Waals surface area contributed by atoms with Crippen LogP contribution in [0.4, 0.5) is 0 Å². The molecular weight excluding hydrogens is 297 g/mol. The van der Waals surface area contributed by atoms with Gasteiger partial charge >= 0.3 is 5.97 Å². The maximum absolute atomic E-state index is 11.8. The first-order valence-corrected chi connectivity index (χ1v) is 7.68. The molecule has 1 saturated heterocycles. The molecule has 1 N–H and O–H groups in total. The lowest BCUT2D eigenvalue weighted by atomic mass is 9.90. The Morgan fingerprint density at radius 2 is 2.05 bits per heavy atom. The second-order valence-corrected chi connectivity index (χ2v) is 6.13. The van der Waals surface area contributed by atoms with Crippen LogP contribution in [0.5, 0.6) is 0 Å². The number of hydrogen-bond acceptors (Lipinski definition) is 2. The quantitative estimate of drug-likeness (QED) is 0.884. The van der Waals surface area contributed by atoms with Crippen LogP contribution in [-0.2, 0) is 11.3 Å². The second-order valence-electron chi connectivity index (χ2n) is 5.31. The van der Waals surface area contributed by atoms with E-state index in [-0.39, 0.29) is 0 Å². The lowest BCUT2D eigenvalue weighted by molar-refractivity contribution is -0.150. The minimum Gasteiger partial charge on any atom is -0.480 e. The molecule has 0 aliphatic carbocycles. The molecule has 0 radical (unpaired) electrons. The third kappa shape index (κ3) is 2.80. The number of carbonyl (C=O) groups is 1. The summed E-state index contributed by atoms with van der Waals surface area (Å²) in [5.41, 5.74) is 0.0523. The van der Waals surface area contributed by atoms with Gasteiger partial charge in [-0.05, 0) is 37.9 Å². The van der Waals surface area contributed by atoms with E-state index >= 15 is 0 Å². The molecule has 1 heterocycles. The van der Waals surface area contributed by atoms with Gasteiger partial charge in [0.25, 0.3) is 0 Å². The van der Waals surface area contributed by atoms with E-state index in [4.69, 9.17) is 23.2 Å². The first kappa shape index (κ1) is 15.6. The number of benzene rings is 1. The third-order valence-electron chi connectivity index (χ3n) is 4.10. The van der Waals surface area contributed by atoms with E-state index in [1.807, 2.05) is 11.8 Å². The zero-order chi connectivity index (χ0) is 14.8. The highest BCUT2D eigenvalue weighted by atomic mass is 35.5. The molecule has 110 valence electrons. The Kier molecular flexibility index (Phi) is 4.95. The molecule has 1 aromatic carbocycles. The van der Waals surface area contributed by atoms with Crippen molar-refractivity contribution in [2.24, 2.45) is 0 Å². The molecule has 2 rings (SSSR count). The number of carboxylic acid groups (broad SMARTS) is 1. The van der Waals surface area contributed by atoms with E-state index in [0.29, 0.717) is 29.4 Å². The Morgan fingerprint density at radius 1 is 1.40 bits per heavy atom. The monoisotopic (exact) mass is 315 g/mol. The minimum absolute atomic E-state index is 0.491. The van der Waals surface area contributed by atoms with E-state index in [0.717, 1.165) is 24.9 Å². The molecule has 0 spiro atoms. The van der Waals surface area contributed by atoms with Crippen LogP contribution in [-0.4, -0.2) is 28.1 Å². The van der Waals surface area contributed by atoms with Crippen molar-refractivity contribution in [2.75, 3.05) is 6.54 Å². The van der Waals surface area contributed by atoms with E-state index in [1.54, 1.807) is 18.2 Å². The Balaban J connectivity index is 2.29. The number of nitrogens with zero attached hydrogens (tertiary/aromatic N) is 1. The van der Waals surface area contributed by atoms with Gasteiger partial charge in [-0.2, -0.15) is 0 Å². The molecule has 3 nitrogen and oxygen atoms in total. The van der Waals surface area contributed by atoms with E-state index in [1.165, 1.54) is 0 Å². The number of carboxylic acids is 1. The normalized spacial score (nSPS) is 23.1. The summed E-state index contributed by atoms with van der Waals surface area (Å²) in [4.78, 5) is 13.8. The molecule has 1 atom stereocenters. The number of likely N-dealkylation sites (tertiary alicyclic amines) is 1. The highest BCUT2D eigenvalue weighted by Gasteiger charge is 2.46. The van der Waals surface area contributed by atoms with Crippen molar-refractivity contribution in [3.63, 3.8) is 0 Å². The summed E-state index contributed by atoms with van der Waals surface area (Å²) < 4.78 is 0. The average molecular weight is 316 g/mol. The summed E-state index contributed by atoms with van der Waals surface area (Å²) in [5, 5.41) is 10.9. The van der Waals surface area contributed by atoms with Crippen LogP contribution in [0, 0.1) is 0 Å². The van der Waals surface area contributed by atoms with Crippen molar-refractivity contribution < 1.29 is 9.90 Å². The zero-order valence-electron chi connectivity index (χ0n) is 11.5. The lowest BCUT2D eigenvalue weighted by Gasteiger charge is -2.35. The van der Waals surface area contributed by atoms with Crippen LogP contribution < -0.4 is 0 Å². The summed E-state index contributed by atoms with van der Waals surface area (Å²) in [5.74, 6) is -0.736. The Bertz CT molecular complexity index is 486. The Morgan fingerprint density at radius 3 is 2.60 bits per heavy atom. The highest BCUT2D eigenvalue weighted by molar-refractivity contribution is 6.35. The molecule has 0 bridgehead atoms. The largest absolute Gasteiger partial charge is 0.480 e. The number of rotatable bonds is 5. The predicted octanol–water partition coefficient (Wildman–Crippen LogP) is 4.21.